The highest BCUT2D eigenvalue weighted by Crippen LogP contribution is 2.15. The van der Waals surface area contributed by atoms with E-state index in [0.717, 1.165) is 17.0 Å². The van der Waals surface area contributed by atoms with Crippen molar-refractivity contribution in [2.75, 3.05) is 0 Å². The molecular formula is C11H11NO2S. The molecule has 0 unspecified atom stereocenters. The van der Waals surface area contributed by atoms with Crippen molar-refractivity contribution in [2.45, 2.75) is 13.2 Å². The van der Waals surface area contributed by atoms with Gasteiger partial charge in [-0.3, -0.25) is 0 Å². The largest absolute Gasteiger partial charge is 0.487 e. The van der Waals surface area contributed by atoms with Crippen LogP contribution in [0.1, 0.15) is 11.3 Å². The van der Waals surface area contributed by atoms with E-state index in [9.17, 15) is 0 Å². The summed E-state index contributed by atoms with van der Waals surface area (Å²) in [7, 11) is 0. The van der Waals surface area contributed by atoms with Crippen LogP contribution in [-0.2, 0) is 13.2 Å². The first kappa shape index (κ1) is 10.1. The summed E-state index contributed by atoms with van der Waals surface area (Å²) in [6.45, 7) is 0.506. The highest BCUT2D eigenvalue weighted by Gasteiger charge is 1.98. The van der Waals surface area contributed by atoms with Crippen LogP contribution in [0.5, 0.6) is 5.75 Å². The van der Waals surface area contributed by atoms with Crippen LogP contribution in [0.25, 0.3) is 0 Å². The van der Waals surface area contributed by atoms with Crippen LogP contribution >= 0.6 is 11.3 Å². The number of hydrogen-bond donors (Lipinski definition) is 1. The lowest BCUT2D eigenvalue weighted by molar-refractivity contribution is 0.277. The molecule has 0 amide bonds. The molecule has 1 N–H and O–H groups in total. The van der Waals surface area contributed by atoms with Gasteiger partial charge in [0.25, 0.3) is 0 Å². The molecule has 15 heavy (non-hydrogen) atoms. The number of ether oxygens (including phenoxy) is 1. The molecule has 0 aliphatic heterocycles. The Kier molecular flexibility index (Phi) is 3.32. The first-order chi connectivity index (χ1) is 7.38. The highest BCUT2D eigenvalue weighted by atomic mass is 32.1. The maximum Gasteiger partial charge on any atom is 0.131 e. The van der Waals surface area contributed by atoms with Crippen molar-refractivity contribution in [3.8, 4) is 5.75 Å². The van der Waals surface area contributed by atoms with Crippen LogP contribution < -0.4 is 4.74 Å². The minimum atomic E-state index is 0.0356. The smallest absolute Gasteiger partial charge is 0.131 e. The van der Waals surface area contributed by atoms with Crippen LogP contribution in [0, 0.1) is 0 Å². The predicted molar refractivity (Wildman–Crippen MR) is 58.8 cm³/mol. The fraction of sp³-hybridized carbons (Fsp3) is 0.182. The monoisotopic (exact) mass is 221 g/mol. The summed E-state index contributed by atoms with van der Waals surface area (Å²) in [5.41, 5.74) is 3.56. The van der Waals surface area contributed by atoms with E-state index < -0.39 is 0 Å². The van der Waals surface area contributed by atoms with Crippen LogP contribution in [0.2, 0.25) is 0 Å². The van der Waals surface area contributed by atoms with Gasteiger partial charge in [0, 0.05) is 5.38 Å². The second kappa shape index (κ2) is 4.91. The topological polar surface area (TPSA) is 42.4 Å². The Morgan fingerprint density at radius 1 is 1.40 bits per heavy atom. The summed E-state index contributed by atoms with van der Waals surface area (Å²) in [6, 6.07) is 7.41. The summed E-state index contributed by atoms with van der Waals surface area (Å²) in [4.78, 5) is 4.12. The SMILES string of the molecule is OCc1cccc(OCc2cscn2)c1. The van der Waals surface area contributed by atoms with Crippen molar-refractivity contribution in [3.63, 3.8) is 0 Å². The molecule has 0 spiro atoms. The van der Waals surface area contributed by atoms with Gasteiger partial charge in [0.2, 0.25) is 0 Å². The minimum Gasteiger partial charge on any atom is -0.487 e. The van der Waals surface area contributed by atoms with Gasteiger partial charge in [-0.05, 0) is 17.7 Å². The predicted octanol–water partition coefficient (Wildman–Crippen LogP) is 2.21. The van der Waals surface area contributed by atoms with Gasteiger partial charge in [-0.1, -0.05) is 12.1 Å². The van der Waals surface area contributed by atoms with Gasteiger partial charge < -0.3 is 9.84 Å². The zero-order valence-corrected chi connectivity index (χ0v) is 8.91. The normalized spacial score (nSPS) is 10.2. The van der Waals surface area contributed by atoms with Crippen LogP contribution in [0.4, 0.5) is 0 Å². The first-order valence-electron chi connectivity index (χ1n) is 4.58. The van der Waals surface area contributed by atoms with Gasteiger partial charge in [0.1, 0.15) is 12.4 Å². The minimum absolute atomic E-state index is 0.0356. The number of rotatable bonds is 4. The fourth-order valence-electron chi connectivity index (χ4n) is 1.20. The summed E-state index contributed by atoms with van der Waals surface area (Å²) < 4.78 is 5.53. The molecule has 0 atom stereocenters. The quantitative estimate of drug-likeness (QED) is 0.860. The fourth-order valence-corrected chi connectivity index (χ4v) is 1.74. The zero-order valence-electron chi connectivity index (χ0n) is 8.09. The molecular weight excluding hydrogens is 210 g/mol. The number of hydrogen-bond acceptors (Lipinski definition) is 4. The van der Waals surface area contributed by atoms with Gasteiger partial charge in [-0.2, -0.15) is 0 Å². The van der Waals surface area contributed by atoms with E-state index in [0.29, 0.717) is 6.61 Å². The molecule has 1 aromatic heterocycles. The maximum absolute atomic E-state index is 8.95. The lowest BCUT2D eigenvalue weighted by atomic mass is 10.2. The number of benzene rings is 1. The van der Waals surface area contributed by atoms with Crippen LogP contribution in [-0.4, -0.2) is 10.1 Å². The lowest BCUT2D eigenvalue weighted by Crippen LogP contribution is -1.95. The molecule has 0 aliphatic carbocycles. The summed E-state index contributed by atoms with van der Waals surface area (Å²) >= 11 is 1.55. The van der Waals surface area contributed by atoms with Gasteiger partial charge in [0.05, 0.1) is 17.8 Å². The molecule has 0 radical (unpaired) electrons. The maximum atomic E-state index is 8.95. The van der Waals surface area contributed by atoms with Crippen molar-refractivity contribution in [3.05, 3.63) is 46.4 Å². The standard InChI is InChI=1S/C11H11NO2S/c13-5-9-2-1-3-11(4-9)14-6-10-7-15-8-12-10/h1-4,7-8,13H,5-6H2. The Hall–Kier alpha value is -1.39. The van der Waals surface area contributed by atoms with Gasteiger partial charge in [-0.25, -0.2) is 4.98 Å². The molecule has 0 aliphatic rings. The van der Waals surface area contributed by atoms with Crippen molar-refractivity contribution in [1.29, 1.82) is 0 Å². The molecule has 0 saturated heterocycles. The molecule has 0 saturated carbocycles. The van der Waals surface area contributed by atoms with E-state index in [1.165, 1.54) is 0 Å². The summed E-state index contributed by atoms with van der Waals surface area (Å²) in [5, 5.41) is 10.9. The van der Waals surface area contributed by atoms with Gasteiger partial charge >= 0.3 is 0 Å². The molecule has 0 bridgehead atoms. The number of nitrogens with zero attached hydrogens (tertiary/aromatic N) is 1. The third kappa shape index (κ3) is 2.78. The molecule has 78 valence electrons. The highest BCUT2D eigenvalue weighted by molar-refractivity contribution is 7.07. The van der Waals surface area contributed by atoms with Gasteiger partial charge in [0.15, 0.2) is 0 Å². The summed E-state index contributed by atoms with van der Waals surface area (Å²) in [6.07, 6.45) is 0. The van der Waals surface area contributed by atoms with Crippen molar-refractivity contribution in [1.82, 2.24) is 4.98 Å². The molecule has 3 nitrogen and oxygen atoms in total. The average Bonchev–Trinajstić information content (AvgIpc) is 2.79. The average molecular weight is 221 g/mol. The van der Waals surface area contributed by atoms with Crippen molar-refractivity contribution in [2.24, 2.45) is 0 Å². The number of thiazole rings is 1. The summed E-state index contributed by atoms with van der Waals surface area (Å²) in [5.74, 6) is 0.759. The molecule has 4 heteroatoms. The molecule has 2 rings (SSSR count). The first-order valence-corrected chi connectivity index (χ1v) is 5.52. The Labute approximate surface area is 92.0 Å². The number of aliphatic hydroxyl groups excluding tert-OH is 1. The Balaban J connectivity index is 1.98. The molecule has 1 heterocycles. The van der Waals surface area contributed by atoms with Crippen molar-refractivity contribution < 1.29 is 9.84 Å². The van der Waals surface area contributed by atoms with E-state index in [1.54, 1.807) is 16.8 Å². The van der Waals surface area contributed by atoms with E-state index in [4.69, 9.17) is 9.84 Å². The van der Waals surface area contributed by atoms with Crippen LogP contribution in [0.3, 0.4) is 0 Å². The van der Waals surface area contributed by atoms with E-state index in [2.05, 4.69) is 4.98 Å². The van der Waals surface area contributed by atoms with Gasteiger partial charge in [-0.15, -0.1) is 11.3 Å². The Morgan fingerprint density at radius 3 is 3.07 bits per heavy atom. The third-order valence-electron chi connectivity index (χ3n) is 1.95. The number of aromatic nitrogens is 1. The second-order valence-electron chi connectivity index (χ2n) is 3.07. The van der Waals surface area contributed by atoms with E-state index >= 15 is 0 Å². The van der Waals surface area contributed by atoms with Crippen molar-refractivity contribution >= 4 is 11.3 Å². The molecule has 2 aromatic rings. The number of aliphatic hydroxyl groups is 1. The third-order valence-corrected chi connectivity index (χ3v) is 2.59. The Morgan fingerprint density at radius 2 is 2.33 bits per heavy atom. The van der Waals surface area contributed by atoms with E-state index in [1.807, 2.05) is 29.6 Å². The second-order valence-corrected chi connectivity index (χ2v) is 3.79. The van der Waals surface area contributed by atoms with Crippen LogP contribution in [0.15, 0.2) is 35.2 Å². The molecule has 1 aromatic carbocycles. The van der Waals surface area contributed by atoms with E-state index in [-0.39, 0.29) is 6.61 Å². The molecule has 0 fully saturated rings. The Bertz CT molecular complexity index is 414. The zero-order chi connectivity index (χ0) is 10.5. The lowest BCUT2D eigenvalue weighted by Gasteiger charge is -2.05.